The number of nitrogen functional groups attached to an aromatic ring is 1. The van der Waals surface area contributed by atoms with Crippen LogP contribution in [0.2, 0.25) is 5.02 Å². The maximum Gasteiger partial charge on any atom is 0.253 e. The highest BCUT2D eigenvalue weighted by Crippen LogP contribution is 2.19. The number of carbonyl (C=O) groups excluding carboxylic acids is 1. The molecule has 0 aromatic heterocycles. The third-order valence-corrected chi connectivity index (χ3v) is 3.85. The zero-order valence-electron chi connectivity index (χ0n) is 11.2. The summed E-state index contributed by atoms with van der Waals surface area (Å²) in [5.74, 6) is -0.139. The highest BCUT2D eigenvalue weighted by Gasteiger charge is 2.21. The summed E-state index contributed by atoms with van der Waals surface area (Å²) >= 11 is 6.04. The molecule has 0 aliphatic carbocycles. The summed E-state index contributed by atoms with van der Waals surface area (Å²) in [7, 11) is 0. The number of carbonyl (C=O) groups is 1. The van der Waals surface area contributed by atoms with Gasteiger partial charge >= 0.3 is 0 Å². The molecule has 0 bridgehead atoms. The van der Waals surface area contributed by atoms with Gasteiger partial charge in [-0.05, 0) is 44.1 Å². The Morgan fingerprint density at radius 1 is 1.58 bits per heavy atom. The van der Waals surface area contributed by atoms with Gasteiger partial charge in [0.15, 0.2) is 0 Å². The molecule has 1 unspecified atom stereocenters. The topological polar surface area (TPSA) is 58.4 Å². The smallest absolute Gasteiger partial charge is 0.253 e. The summed E-state index contributed by atoms with van der Waals surface area (Å²) in [6, 6.07) is 5.17. The molecule has 0 spiro atoms. The number of hydrogen-bond donors (Lipinski definition) is 2. The number of hydrogen-bond acceptors (Lipinski definition) is 3. The first kappa shape index (κ1) is 14.2. The summed E-state index contributed by atoms with van der Waals surface area (Å²) in [6.45, 7) is 5.18. The minimum atomic E-state index is -0.139. The first-order valence-corrected chi connectivity index (χ1v) is 7.06. The Morgan fingerprint density at radius 2 is 2.37 bits per heavy atom. The van der Waals surface area contributed by atoms with Crippen LogP contribution in [0.3, 0.4) is 0 Å². The largest absolute Gasteiger partial charge is 0.399 e. The summed E-state index contributed by atoms with van der Waals surface area (Å²) in [5.41, 5.74) is 6.70. The third kappa shape index (κ3) is 3.61. The Hall–Kier alpha value is -1.26. The molecule has 1 fully saturated rings. The molecule has 1 saturated heterocycles. The lowest BCUT2D eigenvalue weighted by Crippen LogP contribution is -2.47. The fraction of sp³-hybridized carbons (Fsp3) is 0.500. The van der Waals surface area contributed by atoms with Gasteiger partial charge in [0, 0.05) is 18.3 Å². The minimum Gasteiger partial charge on any atom is -0.399 e. The van der Waals surface area contributed by atoms with E-state index in [1.54, 1.807) is 18.2 Å². The molecule has 1 aliphatic heterocycles. The Balaban J connectivity index is 2.02. The summed E-state index contributed by atoms with van der Waals surface area (Å²) in [4.78, 5) is 14.6. The van der Waals surface area contributed by atoms with Crippen molar-refractivity contribution in [3.63, 3.8) is 0 Å². The molecule has 0 radical (unpaired) electrons. The van der Waals surface area contributed by atoms with E-state index in [9.17, 15) is 4.79 Å². The molecule has 19 heavy (non-hydrogen) atoms. The average Bonchev–Trinajstić information content (AvgIpc) is 2.41. The van der Waals surface area contributed by atoms with Gasteiger partial charge in [-0.1, -0.05) is 18.5 Å². The van der Waals surface area contributed by atoms with Crippen molar-refractivity contribution in [2.24, 2.45) is 0 Å². The molecule has 1 aromatic rings. The van der Waals surface area contributed by atoms with Crippen LogP contribution in [0.4, 0.5) is 5.69 Å². The van der Waals surface area contributed by atoms with Crippen molar-refractivity contribution < 1.29 is 4.79 Å². The molecule has 4 nitrogen and oxygen atoms in total. The maximum atomic E-state index is 12.2. The highest BCUT2D eigenvalue weighted by molar-refractivity contribution is 6.34. The van der Waals surface area contributed by atoms with Crippen LogP contribution in [0.15, 0.2) is 18.2 Å². The monoisotopic (exact) mass is 281 g/mol. The molecule has 1 heterocycles. The standard InChI is InChI=1S/C14H20ClN3O/c1-2-18-7-3-4-11(9-18)17-14(19)12-8-10(16)5-6-13(12)15/h5-6,8,11H,2-4,7,9,16H2,1H3,(H,17,19). The minimum absolute atomic E-state index is 0.139. The number of anilines is 1. The molecule has 5 heteroatoms. The van der Waals surface area contributed by atoms with Crippen molar-refractivity contribution in [2.45, 2.75) is 25.8 Å². The maximum absolute atomic E-state index is 12.2. The van der Waals surface area contributed by atoms with E-state index in [4.69, 9.17) is 17.3 Å². The molecule has 1 aromatic carbocycles. The van der Waals surface area contributed by atoms with Crippen LogP contribution < -0.4 is 11.1 Å². The van der Waals surface area contributed by atoms with Crippen molar-refractivity contribution in [1.29, 1.82) is 0 Å². The molecular weight excluding hydrogens is 262 g/mol. The van der Waals surface area contributed by atoms with Crippen molar-refractivity contribution in [2.75, 3.05) is 25.4 Å². The van der Waals surface area contributed by atoms with Crippen LogP contribution in [0.5, 0.6) is 0 Å². The van der Waals surface area contributed by atoms with Gasteiger partial charge in [0.1, 0.15) is 0 Å². The number of halogens is 1. The van der Waals surface area contributed by atoms with Gasteiger partial charge < -0.3 is 16.0 Å². The van der Waals surface area contributed by atoms with Crippen LogP contribution >= 0.6 is 11.6 Å². The van der Waals surface area contributed by atoms with Crippen molar-refractivity contribution in [1.82, 2.24) is 10.2 Å². The number of nitrogens with two attached hydrogens (primary N) is 1. The second kappa shape index (κ2) is 6.26. The van der Waals surface area contributed by atoms with E-state index in [1.807, 2.05) is 0 Å². The van der Waals surface area contributed by atoms with Crippen molar-refractivity contribution in [3.8, 4) is 0 Å². The molecule has 1 aliphatic rings. The predicted molar refractivity (Wildman–Crippen MR) is 78.5 cm³/mol. The zero-order valence-corrected chi connectivity index (χ0v) is 11.9. The number of amides is 1. The Morgan fingerprint density at radius 3 is 3.11 bits per heavy atom. The number of nitrogens with one attached hydrogen (secondary N) is 1. The van der Waals surface area contributed by atoms with Crippen LogP contribution in [0, 0.1) is 0 Å². The van der Waals surface area contributed by atoms with E-state index in [-0.39, 0.29) is 11.9 Å². The second-order valence-electron chi connectivity index (χ2n) is 4.95. The zero-order chi connectivity index (χ0) is 13.8. The summed E-state index contributed by atoms with van der Waals surface area (Å²) in [5, 5.41) is 3.49. The molecule has 0 saturated carbocycles. The number of piperidine rings is 1. The number of likely N-dealkylation sites (N-methyl/N-ethyl adjacent to an activating group) is 1. The van der Waals surface area contributed by atoms with Crippen molar-refractivity contribution in [3.05, 3.63) is 28.8 Å². The fourth-order valence-corrected chi connectivity index (χ4v) is 2.64. The van der Waals surface area contributed by atoms with E-state index < -0.39 is 0 Å². The van der Waals surface area contributed by atoms with E-state index >= 15 is 0 Å². The number of nitrogens with zero attached hydrogens (tertiary/aromatic N) is 1. The van der Waals surface area contributed by atoms with Crippen LogP contribution in [-0.2, 0) is 0 Å². The highest BCUT2D eigenvalue weighted by atomic mass is 35.5. The quantitative estimate of drug-likeness (QED) is 0.835. The summed E-state index contributed by atoms with van der Waals surface area (Å²) in [6.07, 6.45) is 2.13. The first-order chi connectivity index (χ1) is 9.10. The van der Waals surface area contributed by atoms with Gasteiger partial charge in [-0.15, -0.1) is 0 Å². The lowest BCUT2D eigenvalue weighted by Gasteiger charge is -2.32. The number of benzene rings is 1. The molecule has 1 amide bonds. The van der Waals surface area contributed by atoms with E-state index in [2.05, 4.69) is 17.1 Å². The fourth-order valence-electron chi connectivity index (χ4n) is 2.44. The SMILES string of the molecule is CCN1CCCC(NC(=O)c2cc(N)ccc2Cl)C1. The first-order valence-electron chi connectivity index (χ1n) is 6.68. The van der Waals surface area contributed by atoms with Crippen LogP contribution in [0.1, 0.15) is 30.1 Å². The predicted octanol–water partition coefficient (Wildman–Crippen LogP) is 2.14. The Labute approximate surface area is 118 Å². The lowest BCUT2D eigenvalue weighted by molar-refractivity contribution is 0.0906. The summed E-state index contributed by atoms with van der Waals surface area (Å²) < 4.78 is 0. The third-order valence-electron chi connectivity index (χ3n) is 3.52. The Kier molecular flexibility index (Phi) is 4.66. The molecule has 1 atom stereocenters. The molecular formula is C14H20ClN3O. The Bertz CT molecular complexity index is 464. The van der Waals surface area contributed by atoms with Gasteiger partial charge in [-0.2, -0.15) is 0 Å². The van der Waals surface area contributed by atoms with E-state index in [0.717, 1.165) is 32.5 Å². The van der Waals surface area contributed by atoms with Gasteiger partial charge in [0.2, 0.25) is 0 Å². The second-order valence-corrected chi connectivity index (χ2v) is 5.35. The van der Waals surface area contributed by atoms with E-state index in [1.165, 1.54) is 0 Å². The normalized spacial score (nSPS) is 20.2. The molecule has 3 N–H and O–H groups in total. The van der Waals surface area contributed by atoms with Gasteiger partial charge in [-0.25, -0.2) is 0 Å². The van der Waals surface area contributed by atoms with Crippen molar-refractivity contribution >= 4 is 23.2 Å². The number of rotatable bonds is 3. The van der Waals surface area contributed by atoms with E-state index in [0.29, 0.717) is 16.3 Å². The van der Waals surface area contributed by atoms with Crippen LogP contribution in [-0.4, -0.2) is 36.5 Å². The number of likely N-dealkylation sites (tertiary alicyclic amines) is 1. The average molecular weight is 282 g/mol. The van der Waals surface area contributed by atoms with Gasteiger partial charge in [0.25, 0.3) is 5.91 Å². The molecule has 2 rings (SSSR count). The van der Waals surface area contributed by atoms with Gasteiger partial charge in [0.05, 0.1) is 10.6 Å². The lowest BCUT2D eigenvalue weighted by atomic mass is 10.0. The van der Waals surface area contributed by atoms with Gasteiger partial charge in [-0.3, -0.25) is 4.79 Å². The van der Waals surface area contributed by atoms with Crippen LogP contribution in [0.25, 0.3) is 0 Å². The molecule has 104 valence electrons.